The van der Waals surface area contributed by atoms with Gasteiger partial charge in [0.05, 0.1) is 12.7 Å². The third kappa shape index (κ3) is 3.10. The molecule has 7 heteroatoms. The summed E-state index contributed by atoms with van der Waals surface area (Å²) in [7, 11) is 1.56. The zero-order valence-electron chi connectivity index (χ0n) is 14.6. The van der Waals surface area contributed by atoms with Crippen molar-refractivity contribution in [3.8, 4) is 5.88 Å². The fourth-order valence-corrected chi connectivity index (χ4v) is 3.38. The normalized spacial score (nSPS) is 23.5. The highest BCUT2D eigenvalue weighted by atomic mass is 16.5. The molecular formula is C18H22N4O3. The van der Waals surface area contributed by atoms with Crippen molar-refractivity contribution in [1.82, 2.24) is 20.0 Å². The van der Waals surface area contributed by atoms with E-state index in [0.29, 0.717) is 23.9 Å². The molecule has 2 aromatic rings. The van der Waals surface area contributed by atoms with Crippen LogP contribution in [0.4, 0.5) is 0 Å². The number of methoxy groups -OCH3 is 1. The van der Waals surface area contributed by atoms with E-state index in [0.717, 1.165) is 43.9 Å². The maximum Gasteiger partial charge on any atom is 0.255 e. The Bertz CT molecular complexity index is 769. The zero-order chi connectivity index (χ0) is 17.4. The minimum Gasteiger partial charge on any atom is -0.481 e. The molecule has 1 saturated carbocycles. The van der Waals surface area contributed by atoms with E-state index in [1.807, 2.05) is 4.90 Å². The molecule has 0 radical (unpaired) electrons. The van der Waals surface area contributed by atoms with Crippen LogP contribution in [0.15, 0.2) is 22.9 Å². The number of aromatic nitrogens is 3. The molecule has 0 bridgehead atoms. The monoisotopic (exact) mass is 342 g/mol. The highest BCUT2D eigenvalue weighted by Gasteiger charge is 2.40. The molecule has 1 aliphatic carbocycles. The molecular weight excluding hydrogens is 320 g/mol. The van der Waals surface area contributed by atoms with Gasteiger partial charge in [0.15, 0.2) is 5.82 Å². The SMILES string of the molecule is COc1ccc(C(=O)N2CCCC(C)(c3noc(C4CC4)n3)C2)cn1. The Kier molecular flexibility index (Phi) is 3.94. The Morgan fingerprint density at radius 2 is 2.24 bits per heavy atom. The van der Waals surface area contributed by atoms with Gasteiger partial charge >= 0.3 is 0 Å². The van der Waals surface area contributed by atoms with E-state index in [1.165, 1.54) is 0 Å². The maximum absolute atomic E-state index is 12.8. The van der Waals surface area contributed by atoms with Crippen LogP contribution >= 0.6 is 0 Å². The standard InChI is InChI=1S/C18H22N4O3/c1-18(17-20-15(25-21-17)12-4-5-12)8-3-9-22(11-18)16(23)13-6-7-14(24-2)19-10-13/h6-7,10,12H,3-5,8-9,11H2,1-2H3. The van der Waals surface area contributed by atoms with E-state index in [2.05, 4.69) is 22.0 Å². The van der Waals surface area contributed by atoms with Gasteiger partial charge in [0.2, 0.25) is 11.8 Å². The van der Waals surface area contributed by atoms with Crippen LogP contribution in [0.5, 0.6) is 5.88 Å². The second-order valence-corrected chi connectivity index (χ2v) is 7.21. The van der Waals surface area contributed by atoms with Crippen LogP contribution in [0, 0.1) is 0 Å². The quantitative estimate of drug-likeness (QED) is 0.849. The summed E-state index contributed by atoms with van der Waals surface area (Å²) in [6, 6.07) is 3.46. The van der Waals surface area contributed by atoms with Crippen molar-refractivity contribution < 1.29 is 14.1 Å². The fourth-order valence-electron chi connectivity index (χ4n) is 3.38. The number of hydrogen-bond donors (Lipinski definition) is 0. The summed E-state index contributed by atoms with van der Waals surface area (Å²) in [4.78, 5) is 23.4. The third-order valence-corrected chi connectivity index (χ3v) is 5.08. The first kappa shape index (κ1) is 16.1. The molecule has 3 heterocycles. The van der Waals surface area contributed by atoms with Gasteiger partial charge in [-0.2, -0.15) is 4.98 Å². The summed E-state index contributed by atoms with van der Waals surface area (Å²) in [5, 5.41) is 4.21. The molecule has 2 fully saturated rings. The van der Waals surface area contributed by atoms with Gasteiger partial charge < -0.3 is 14.2 Å². The van der Waals surface area contributed by atoms with Gasteiger partial charge in [0.1, 0.15) is 0 Å². The Morgan fingerprint density at radius 1 is 1.40 bits per heavy atom. The molecule has 4 rings (SSSR count). The van der Waals surface area contributed by atoms with E-state index in [9.17, 15) is 4.79 Å². The van der Waals surface area contributed by atoms with Crippen LogP contribution < -0.4 is 4.74 Å². The summed E-state index contributed by atoms with van der Waals surface area (Å²) < 4.78 is 10.5. The first-order chi connectivity index (χ1) is 12.1. The molecule has 1 atom stereocenters. The molecule has 25 heavy (non-hydrogen) atoms. The number of hydrogen-bond acceptors (Lipinski definition) is 6. The minimum absolute atomic E-state index is 0.0213. The van der Waals surface area contributed by atoms with Gasteiger partial charge in [-0.15, -0.1) is 0 Å². The summed E-state index contributed by atoms with van der Waals surface area (Å²) >= 11 is 0. The van der Waals surface area contributed by atoms with E-state index in [-0.39, 0.29) is 11.3 Å². The van der Waals surface area contributed by atoms with Crippen molar-refractivity contribution in [3.05, 3.63) is 35.6 Å². The molecule has 1 amide bonds. The Morgan fingerprint density at radius 3 is 2.92 bits per heavy atom. The summed E-state index contributed by atoms with van der Waals surface area (Å²) in [6.07, 6.45) is 5.69. The first-order valence-corrected chi connectivity index (χ1v) is 8.72. The average Bonchev–Trinajstić information content (AvgIpc) is 3.37. The number of carbonyl (C=O) groups excluding carboxylic acids is 1. The number of rotatable bonds is 4. The number of carbonyl (C=O) groups is 1. The number of nitrogens with zero attached hydrogens (tertiary/aromatic N) is 4. The summed E-state index contributed by atoms with van der Waals surface area (Å²) in [5.74, 6) is 2.39. The minimum atomic E-state index is -0.273. The smallest absolute Gasteiger partial charge is 0.255 e. The largest absolute Gasteiger partial charge is 0.481 e. The Balaban J connectivity index is 1.51. The third-order valence-electron chi connectivity index (χ3n) is 5.08. The highest BCUT2D eigenvalue weighted by Crippen LogP contribution is 2.40. The van der Waals surface area contributed by atoms with Crippen molar-refractivity contribution in [1.29, 1.82) is 0 Å². The summed E-state index contributed by atoms with van der Waals surface area (Å²) in [6.45, 7) is 3.43. The molecule has 132 valence electrons. The van der Waals surface area contributed by atoms with Crippen LogP contribution in [0.2, 0.25) is 0 Å². The van der Waals surface area contributed by atoms with Gasteiger partial charge in [-0.1, -0.05) is 12.1 Å². The van der Waals surface area contributed by atoms with E-state index in [4.69, 9.17) is 9.26 Å². The Hall–Kier alpha value is -2.44. The average molecular weight is 342 g/mol. The number of likely N-dealkylation sites (tertiary alicyclic amines) is 1. The first-order valence-electron chi connectivity index (χ1n) is 8.72. The lowest BCUT2D eigenvalue weighted by Crippen LogP contribution is -2.47. The molecule has 7 nitrogen and oxygen atoms in total. The van der Waals surface area contributed by atoms with Crippen molar-refractivity contribution in [2.45, 2.75) is 43.9 Å². The molecule has 0 aromatic carbocycles. The van der Waals surface area contributed by atoms with Crippen LogP contribution in [0.1, 0.15) is 60.6 Å². The van der Waals surface area contributed by atoms with Crippen LogP contribution in [-0.4, -0.2) is 46.1 Å². The van der Waals surface area contributed by atoms with Gasteiger partial charge in [-0.3, -0.25) is 4.79 Å². The second kappa shape index (κ2) is 6.13. The fraction of sp³-hybridized carbons (Fsp3) is 0.556. The second-order valence-electron chi connectivity index (χ2n) is 7.21. The van der Waals surface area contributed by atoms with Gasteiger partial charge in [-0.25, -0.2) is 4.98 Å². The predicted octanol–water partition coefficient (Wildman–Crippen LogP) is 2.54. The van der Waals surface area contributed by atoms with E-state index in [1.54, 1.807) is 25.4 Å². The van der Waals surface area contributed by atoms with Crippen LogP contribution in [-0.2, 0) is 5.41 Å². The number of amides is 1. The van der Waals surface area contributed by atoms with Gasteiger partial charge in [0, 0.05) is 36.7 Å². The lowest BCUT2D eigenvalue weighted by molar-refractivity contribution is 0.0641. The number of pyridine rings is 1. The van der Waals surface area contributed by atoms with Crippen LogP contribution in [0.3, 0.4) is 0 Å². The zero-order valence-corrected chi connectivity index (χ0v) is 14.6. The number of ether oxygens (including phenoxy) is 1. The molecule has 2 aliphatic rings. The predicted molar refractivity (Wildman–Crippen MR) is 89.6 cm³/mol. The van der Waals surface area contributed by atoms with Gasteiger partial charge in [-0.05, 0) is 31.7 Å². The highest BCUT2D eigenvalue weighted by molar-refractivity contribution is 5.94. The molecule has 0 spiro atoms. The molecule has 0 N–H and O–H groups in total. The van der Waals surface area contributed by atoms with E-state index >= 15 is 0 Å². The lowest BCUT2D eigenvalue weighted by atomic mass is 9.81. The number of piperidine rings is 1. The molecule has 1 unspecified atom stereocenters. The van der Waals surface area contributed by atoms with Crippen molar-refractivity contribution in [3.63, 3.8) is 0 Å². The molecule has 1 saturated heterocycles. The van der Waals surface area contributed by atoms with Gasteiger partial charge in [0.25, 0.3) is 5.91 Å². The lowest BCUT2D eigenvalue weighted by Gasteiger charge is -2.38. The molecule has 2 aromatic heterocycles. The maximum atomic E-state index is 12.8. The van der Waals surface area contributed by atoms with Crippen molar-refractivity contribution in [2.24, 2.45) is 0 Å². The Labute approximate surface area is 146 Å². The van der Waals surface area contributed by atoms with Crippen molar-refractivity contribution in [2.75, 3.05) is 20.2 Å². The molecule has 1 aliphatic heterocycles. The van der Waals surface area contributed by atoms with Crippen LogP contribution in [0.25, 0.3) is 0 Å². The van der Waals surface area contributed by atoms with Crippen molar-refractivity contribution >= 4 is 5.91 Å². The topological polar surface area (TPSA) is 81.4 Å². The van der Waals surface area contributed by atoms with E-state index < -0.39 is 0 Å². The summed E-state index contributed by atoms with van der Waals surface area (Å²) in [5.41, 5.74) is 0.293.